The van der Waals surface area contributed by atoms with Crippen molar-refractivity contribution in [2.45, 2.75) is 45.6 Å². The maximum absolute atomic E-state index is 12.6. The van der Waals surface area contributed by atoms with Gasteiger partial charge in [-0.15, -0.1) is 6.42 Å². The van der Waals surface area contributed by atoms with Crippen LogP contribution in [0.3, 0.4) is 0 Å². The van der Waals surface area contributed by atoms with Crippen LogP contribution in [0, 0.1) is 18.3 Å². The lowest BCUT2D eigenvalue weighted by molar-refractivity contribution is -0.137. The highest BCUT2D eigenvalue weighted by atomic mass is 16.4. The average Bonchev–Trinajstić information content (AvgIpc) is 3.10. The summed E-state index contributed by atoms with van der Waals surface area (Å²) in [6.45, 7) is 6.84. The van der Waals surface area contributed by atoms with Gasteiger partial charge in [0.2, 0.25) is 0 Å². The van der Waals surface area contributed by atoms with Gasteiger partial charge in [0.25, 0.3) is 0 Å². The number of terminal acetylenes is 1. The Labute approximate surface area is 120 Å². The number of hydrogen-bond acceptors (Lipinski definition) is 2. The molecule has 5 nitrogen and oxygen atoms in total. The minimum absolute atomic E-state index is 0.0592. The maximum Gasteiger partial charge on any atom is 0.321 e. The zero-order valence-electron chi connectivity index (χ0n) is 12.6. The maximum atomic E-state index is 12.6. The molecule has 1 aliphatic rings. The van der Waals surface area contributed by atoms with E-state index in [9.17, 15) is 9.59 Å². The van der Waals surface area contributed by atoms with Gasteiger partial charge in [0.15, 0.2) is 0 Å². The van der Waals surface area contributed by atoms with Crippen molar-refractivity contribution in [3.8, 4) is 12.3 Å². The minimum Gasteiger partial charge on any atom is -0.481 e. The number of aliphatic carboxylic acids is 1. The fourth-order valence-electron chi connectivity index (χ4n) is 2.03. The van der Waals surface area contributed by atoms with Gasteiger partial charge in [-0.2, -0.15) is 0 Å². The Bertz CT molecular complexity index is 402. The molecule has 1 rings (SSSR count). The summed E-state index contributed by atoms with van der Waals surface area (Å²) in [4.78, 5) is 26.6. The lowest BCUT2D eigenvalue weighted by Gasteiger charge is -2.38. The number of hydrogen-bond donors (Lipinski definition) is 1. The van der Waals surface area contributed by atoms with E-state index in [1.54, 1.807) is 9.80 Å². The van der Waals surface area contributed by atoms with Crippen LogP contribution in [0.25, 0.3) is 0 Å². The Kier molecular flexibility index (Phi) is 5.43. The zero-order chi connectivity index (χ0) is 15.3. The first-order chi connectivity index (χ1) is 9.25. The average molecular weight is 280 g/mol. The van der Waals surface area contributed by atoms with E-state index in [-0.39, 0.29) is 25.5 Å². The van der Waals surface area contributed by atoms with Crippen LogP contribution in [0.1, 0.15) is 40.0 Å². The first-order valence-electron chi connectivity index (χ1n) is 6.97. The van der Waals surface area contributed by atoms with Gasteiger partial charge in [-0.25, -0.2) is 4.79 Å². The van der Waals surface area contributed by atoms with Gasteiger partial charge in [0.05, 0.1) is 13.0 Å². The summed E-state index contributed by atoms with van der Waals surface area (Å²) >= 11 is 0. The number of carboxylic acid groups (broad SMARTS) is 1. The summed E-state index contributed by atoms with van der Waals surface area (Å²) in [7, 11) is 0. The topological polar surface area (TPSA) is 60.9 Å². The molecule has 0 unspecified atom stereocenters. The molecule has 0 radical (unpaired) electrons. The molecule has 0 aromatic heterocycles. The molecule has 0 aromatic carbocycles. The van der Waals surface area contributed by atoms with Gasteiger partial charge >= 0.3 is 12.0 Å². The van der Waals surface area contributed by atoms with E-state index in [2.05, 4.69) is 5.92 Å². The third kappa shape index (κ3) is 5.12. The molecule has 0 aromatic rings. The van der Waals surface area contributed by atoms with Crippen LogP contribution in [-0.4, -0.2) is 52.1 Å². The number of rotatable bonds is 6. The molecule has 1 aliphatic carbocycles. The van der Waals surface area contributed by atoms with Crippen LogP contribution in [0.2, 0.25) is 0 Å². The van der Waals surface area contributed by atoms with Crippen LogP contribution in [0.4, 0.5) is 4.79 Å². The van der Waals surface area contributed by atoms with Crippen LogP contribution in [0.5, 0.6) is 0 Å². The summed E-state index contributed by atoms with van der Waals surface area (Å²) in [5.41, 5.74) is -0.428. The molecule has 1 N–H and O–H groups in total. The van der Waals surface area contributed by atoms with Gasteiger partial charge in [0, 0.05) is 18.6 Å². The Morgan fingerprint density at radius 3 is 2.35 bits per heavy atom. The predicted octanol–water partition coefficient (Wildman–Crippen LogP) is 2.03. The van der Waals surface area contributed by atoms with E-state index in [0.717, 1.165) is 12.8 Å². The third-order valence-corrected chi connectivity index (χ3v) is 3.32. The molecule has 0 spiro atoms. The first-order valence-corrected chi connectivity index (χ1v) is 6.97. The van der Waals surface area contributed by atoms with E-state index in [1.165, 1.54) is 0 Å². The van der Waals surface area contributed by atoms with Crippen molar-refractivity contribution >= 4 is 12.0 Å². The SMILES string of the molecule is C#CCN(CC1CC1)C(=O)N(CCC(=O)O)C(C)(C)C. The fourth-order valence-corrected chi connectivity index (χ4v) is 2.03. The largest absolute Gasteiger partial charge is 0.481 e. The molecule has 112 valence electrons. The number of carbonyl (C=O) groups excluding carboxylic acids is 1. The summed E-state index contributed by atoms with van der Waals surface area (Å²) in [5.74, 6) is 2.16. The van der Waals surface area contributed by atoms with Gasteiger partial charge in [-0.05, 0) is 39.5 Å². The van der Waals surface area contributed by atoms with E-state index >= 15 is 0 Å². The van der Waals surface area contributed by atoms with Gasteiger partial charge in [-0.3, -0.25) is 4.79 Å². The Morgan fingerprint density at radius 1 is 1.35 bits per heavy atom. The quantitative estimate of drug-likeness (QED) is 0.757. The Balaban J connectivity index is 2.77. The molecule has 5 heteroatoms. The lowest BCUT2D eigenvalue weighted by atomic mass is 10.1. The highest BCUT2D eigenvalue weighted by molar-refractivity contribution is 5.76. The van der Waals surface area contributed by atoms with Crippen molar-refractivity contribution in [3.63, 3.8) is 0 Å². The Hall–Kier alpha value is -1.70. The number of carbonyl (C=O) groups is 2. The molecule has 2 amide bonds. The lowest BCUT2D eigenvalue weighted by Crippen LogP contribution is -2.53. The van der Waals surface area contributed by atoms with E-state index < -0.39 is 11.5 Å². The monoisotopic (exact) mass is 280 g/mol. The number of nitrogens with zero attached hydrogens (tertiary/aromatic N) is 2. The van der Waals surface area contributed by atoms with Gasteiger partial charge in [-0.1, -0.05) is 5.92 Å². The molecule has 0 atom stereocenters. The molecule has 0 aliphatic heterocycles. The standard InChI is InChI=1S/C15H24N2O3/c1-5-9-16(11-12-6-7-12)14(20)17(15(2,3)4)10-8-13(18)19/h1,12H,6-11H2,2-4H3,(H,18,19). The number of carboxylic acids is 1. The fraction of sp³-hybridized carbons (Fsp3) is 0.733. The predicted molar refractivity (Wildman–Crippen MR) is 77.2 cm³/mol. The van der Waals surface area contributed by atoms with E-state index in [0.29, 0.717) is 12.5 Å². The summed E-state index contributed by atoms with van der Waals surface area (Å²) in [5, 5.41) is 8.82. The first kappa shape index (κ1) is 16.4. The van der Waals surface area contributed by atoms with Crippen molar-refractivity contribution in [1.29, 1.82) is 0 Å². The van der Waals surface area contributed by atoms with Gasteiger partial charge < -0.3 is 14.9 Å². The highest BCUT2D eigenvalue weighted by Crippen LogP contribution is 2.30. The van der Waals surface area contributed by atoms with E-state index in [4.69, 9.17) is 11.5 Å². The normalized spacial score (nSPS) is 14.5. The van der Waals surface area contributed by atoms with Crippen LogP contribution < -0.4 is 0 Å². The number of urea groups is 1. The Morgan fingerprint density at radius 2 is 1.95 bits per heavy atom. The van der Waals surface area contributed by atoms with Crippen molar-refractivity contribution in [3.05, 3.63) is 0 Å². The van der Waals surface area contributed by atoms with Crippen molar-refractivity contribution < 1.29 is 14.7 Å². The smallest absolute Gasteiger partial charge is 0.321 e. The van der Waals surface area contributed by atoms with Crippen molar-refractivity contribution in [1.82, 2.24) is 9.80 Å². The molecule has 0 bridgehead atoms. The second kappa shape index (κ2) is 6.65. The third-order valence-electron chi connectivity index (χ3n) is 3.32. The molecular weight excluding hydrogens is 256 g/mol. The second-order valence-corrected chi connectivity index (χ2v) is 6.28. The van der Waals surface area contributed by atoms with Crippen LogP contribution in [-0.2, 0) is 4.79 Å². The van der Waals surface area contributed by atoms with Crippen molar-refractivity contribution in [2.24, 2.45) is 5.92 Å². The minimum atomic E-state index is -0.905. The van der Waals surface area contributed by atoms with Crippen LogP contribution in [0.15, 0.2) is 0 Å². The highest BCUT2D eigenvalue weighted by Gasteiger charge is 2.33. The summed E-state index contributed by atoms with van der Waals surface area (Å²) in [6.07, 6.45) is 7.55. The summed E-state index contributed by atoms with van der Waals surface area (Å²) in [6, 6.07) is -0.163. The molecule has 1 fully saturated rings. The summed E-state index contributed by atoms with van der Waals surface area (Å²) < 4.78 is 0. The van der Waals surface area contributed by atoms with Gasteiger partial charge in [0.1, 0.15) is 0 Å². The van der Waals surface area contributed by atoms with Crippen LogP contribution >= 0.6 is 0 Å². The van der Waals surface area contributed by atoms with E-state index in [1.807, 2.05) is 20.8 Å². The zero-order valence-corrected chi connectivity index (χ0v) is 12.6. The van der Waals surface area contributed by atoms with Crippen molar-refractivity contribution in [2.75, 3.05) is 19.6 Å². The molecule has 1 saturated carbocycles. The molecular formula is C15H24N2O3. The molecule has 20 heavy (non-hydrogen) atoms. The second-order valence-electron chi connectivity index (χ2n) is 6.28. The molecule has 0 heterocycles. The number of amides is 2. The molecule has 0 saturated heterocycles.